The third-order valence-electron chi connectivity index (χ3n) is 3.69. The Morgan fingerprint density at radius 3 is 1.50 bits per heavy atom. The van der Waals surface area contributed by atoms with Gasteiger partial charge in [-0.3, -0.25) is 19.2 Å². The van der Waals surface area contributed by atoms with Crippen LogP contribution in [0.2, 0.25) is 0 Å². The number of ketones is 2. The Morgan fingerprint density at radius 2 is 1.10 bits per heavy atom. The van der Waals surface area contributed by atoms with E-state index in [0.717, 1.165) is 40.6 Å². The van der Waals surface area contributed by atoms with Crippen molar-refractivity contribution in [3.8, 4) is 0 Å². The van der Waals surface area contributed by atoms with Gasteiger partial charge in [0.1, 0.15) is 18.4 Å². The van der Waals surface area contributed by atoms with Crippen molar-refractivity contribution >= 4 is 35.4 Å². The molecule has 1 atom stereocenters. The Labute approximate surface area is 172 Å². The number of hydrogen-bond acceptors (Lipinski definition) is 11. The number of methoxy groups -OCH3 is 5. The van der Waals surface area contributed by atoms with Gasteiger partial charge in [0.25, 0.3) is 0 Å². The molecule has 0 fully saturated rings. The number of carbonyl (C=O) groups excluding carboxylic acids is 6. The van der Waals surface area contributed by atoms with Gasteiger partial charge in [0.15, 0.2) is 11.6 Å². The van der Waals surface area contributed by atoms with Crippen LogP contribution in [-0.4, -0.2) is 77.1 Å². The van der Waals surface area contributed by atoms with E-state index in [1.54, 1.807) is 0 Å². The molecule has 0 aromatic carbocycles. The number of carbonyl (C=O) groups is 6. The van der Waals surface area contributed by atoms with E-state index in [0.29, 0.717) is 0 Å². The van der Waals surface area contributed by atoms with Crippen LogP contribution >= 0.6 is 0 Å². The molecule has 0 unspecified atom stereocenters. The summed E-state index contributed by atoms with van der Waals surface area (Å²) in [7, 11) is 5.52. The van der Waals surface area contributed by atoms with Crippen LogP contribution in [0.15, 0.2) is 23.3 Å². The molecule has 0 aliphatic heterocycles. The van der Waals surface area contributed by atoms with Crippen LogP contribution in [0.25, 0.3) is 0 Å². The molecule has 166 valence electrons. The zero-order valence-corrected chi connectivity index (χ0v) is 17.3. The molecule has 0 spiro atoms. The van der Waals surface area contributed by atoms with Crippen molar-refractivity contribution in [3.05, 3.63) is 23.3 Å². The zero-order valence-electron chi connectivity index (χ0n) is 17.3. The molecule has 0 N–H and O–H groups in total. The fraction of sp³-hybridized carbons (Fsp3) is 0.474. The highest BCUT2D eigenvalue weighted by Crippen LogP contribution is 2.13. The van der Waals surface area contributed by atoms with Crippen LogP contribution in [0, 0.1) is 0 Å². The topological polar surface area (TPSA) is 149 Å². The summed E-state index contributed by atoms with van der Waals surface area (Å²) in [5, 5.41) is 0. The van der Waals surface area contributed by atoms with E-state index >= 15 is 0 Å². The standard InChI is InChI=1S/C19H24O11/c1-26-11(8-13(19(25)30-5)15(21)10-17(23)28-3)6-7-12(18(24)29-4)14(20)9-16(22)27-2/h7-8,11H,6,9-10H2,1-5H3/b12-7-,13-8-/t11-/m0/s1. The number of esters is 4. The minimum absolute atomic E-state index is 0.153. The van der Waals surface area contributed by atoms with Crippen molar-refractivity contribution < 1.29 is 52.5 Å². The molecule has 0 saturated carbocycles. The van der Waals surface area contributed by atoms with E-state index in [1.807, 2.05) is 0 Å². The van der Waals surface area contributed by atoms with Crippen LogP contribution < -0.4 is 0 Å². The molecule has 0 rings (SSSR count). The largest absolute Gasteiger partial charge is 0.469 e. The van der Waals surface area contributed by atoms with Crippen molar-refractivity contribution in [3.63, 3.8) is 0 Å². The highest BCUT2D eigenvalue weighted by molar-refractivity contribution is 6.21. The summed E-state index contributed by atoms with van der Waals surface area (Å²) in [6.45, 7) is 0. The fourth-order valence-corrected chi connectivity index (χ4v) is 2.05. The molecule has 0 saturated heterocycles. The monoisotopic (exact) mass is 428 g/mol. The van der Waals surface area contributed by atoms with Crippen LogP contribution in [0.5, 0.6) is 0 Å². The Kier molecular flexibility index (Phi) is 12.2. The second-order valence-electron chi connectivity index (χ2n) is 5.54. The van der Waals surface area contributed by atoms with E-state index in [1.165, 1.54) is 7.11 Å². The average Bonchev–Trinajstić information content (AvgIpc) is 2.74. The van der Waals surface area contributed by atoms with E-state index in [2.05, 4.69) is 18.9 Å². The maximum absolute atomic E-state index is 12.2. The summed E-state index contributed by atoms with van der Waals surface area (Å²) in [5.41, 5.74) is -0.900. The first kappa shape index (κ1) is 26.7. The minimum atomic E-state index is -1.01. The number of Topliss-reactive ketones (excluding diaryl/α,β-unsaturated/α-hetero) is 2. The average molecular weight is 428 g/mol. The Bertz CT molecular complexity index is 746. The summed E-state index contributed by atoms with van der Waals surface area (Å²) in [5.74, 6) is -5.41. The molecule has 0 aliphatic rings. The molecule has 0 bridgehead atoms. The van der Waals surface area contributed by atoms with Gasteiger partial charge in [0.05, 0.1) is 40.1 Å². The Hall–Kier alpha value is -3.34. The van der Waals surface area contributed by atoms with Crippen molar-refractivity contribution in [2.75, 3.05) is 35.5 Å². The molecule has 0 aromatic rings. The van der Waals surface area contributed by atoms with E-state index in [-0.39, 0.29) is 6.42 Å². The van der Waals surface area contributed by atoms with E-state index in [9.17, 15) is 28.8 Å². The first-order valence-corrected chi connectivity index (χ1v) is 8.46. The maximum Gasteiger partial charge on any atom is 0.341 e. The summed E-state index contributed by atoms with van der Waals surface area (Å²) in [6, 6.07) is 0. The Balaban J connectivity index is 5.78. The van der Waals surface area contributed by atoms with Gasteiger partial charge in [-0.15, -0.1) is 0 Å². The summed E-state index contributed by atoms with van der Waals surface area (Å²) >= 11 is 0. The first-order chi connectivity index (χ1) is 14.1. The molecule has 0 radical (unpaired) electrons. The first-order valence-electron chi connectivity index (χ1n) is 8.46. The van der Waals surface area contributed by atoms with Crippen LogP contribution in [0.3, 0.4) is 0 Å². The van der Waals surface area contributed by atoms with Gasteiger partial charge in [-0.1, -0.05) is 6.08 Å². The van der Waals surface area contributed by atoms with Crippen LogP contribution in [0.4, 0.5) is 0 Å². The van der Waals surface area contributed by atoms with Gasteiger partial charge in [0, 0.05) is 7.11 Å². The highest BCUT2D eigenvalue weighted by Gasteiger charge is 2.25. The normalized spacial score (nSPS) is 12.4. The molecule has 0 amide bonds. The molecule has 0 heterocycles. The SMILES string of the molecule is COC(=O)CC(=O)/C(=C/C[C@@H](/C=C(/C(=O)CC(=O)OC)C(=O)OC)OC)C(=O)OC. The van der Waals surface area contributed by atoms with Gasteiger partial charge in [-0.05, 0) is 12.5 Å². The second-order valence-corrected chi connectivity index (χ2v) is 5.54. The van der Waals surface area contributed by atoms with Crippen molar-refractivity contribution in [1.82, 2.24) is 0 Å². The van der Waals surface area contributed by atoms with Gasteiger partial charge >= 0.3 is 23.9 Å². The van der Waals surface area contributed by atoms with Crippen molar-refractivity contribution in [2.24, 2.45) is 0 Å². The van der Waals surface area contributed by atoms with Gasteiger partial charge in [0.2, 0.25) is 0 Å². The third-order valence-corrected chi connectivity index (χ3v) is 3.69. The van der Waals surface area contributed by atoms with Gasteiger partial charge < -0.3 is 23.7 Å². The third kappa shape index (κ3) is 8.78. The lowest BCUT2D eigenvalue weighted by molar-refractivity contribution is -0.145. The predicted molar refractivity (Wildman–Crippen MR) is 98.9 cm³/mol. The molecule has 0 aromatic heterocycles. The molecule has 11 heteroatoms. The quantitative estimate of drug-likeness (QED) is 0.134. The second kappa shape index (κ2) is 13.8. The lowest BCUT2D eigenvalue weighted by Gasteiger charge is -2.12. The number of hydrogen-bond donors (Lipinski definition) is 0. The van der Waals surface area contributed by atoms with Gasteiger partial charge in [-0.25, -0.2) is 9.59 Å². The zero-order chi connectivity index (χ0) is 23.3. The van der Waals surface area contributed by atoms with E-state index in [4.69, 9.17) is 4.74 Å². The fourth-order valence-electron chi connectivity index (χ4n) is 2.05. The minimum Gasteiger partial charge on any atom is -0.469 e. The predicted octanol–water partition coefficient (Wildman–Crippen LogP) is -0.145. The van der Waals surface area contributed by atoms with Crippen LogP contribution in [-0.2, 0) is 52.5 Å². The number of ether oxygens (including phenoxy) is 5. The molecular formula is C19H24O11. The van der Waals surface area contributed by atoms with Crippen molar-refractivity contribution in [1.29, 1.82) is 0 Å². The molecule has 30 heavy (non-hydrogen) atoms. The van der Waals surface area contributed by atoms with Crippen LogP contribution in [0.1, 0.15) is 19.3 Å². The number of rotatable bonds is 12. The lowest BCUT2D eigenvalue weighted by Crippen LogP contribution is -2.22. The highest BCUT2D eigenvalue weighted by atomic mass is 16.5. The molecule has 0 aliphatic carbocycles. The summed E-state index contributed by atoms with van der Waals surface area (Å²) < 4.78 is 23.0. The summed E-state index contributed by atoms with van der Waals surface area (Å²) in [4.78, 5) is 70.7. The smallest absolute Gasteiger partial charge is 0.341 e. The lowest BCUT2D eigenvalue weighted by atomic mass is 10.0. The Morgan fingerprint density at radius 1 is 0.667 bits per heavy atom. The van der Waals surface area contributed by atoms with Crippen molar-refractivity contribution in [2.45, 2.75) is 25.4 Å². The van der Waals surface area contributed by atoms with E-state index < -0.39 is 65.5 Å². The summed E-state index contributed by atoms with van der Waals surface area (Å²) in [6.07, 6.45) is -0.273. The molecule has 11 nitrogen and oxygen atoms in total. The maximum atomic E-state index is 12.2. The van der Waals surface area contributed by atoms with Gasteiger partial charge in [-0.2, -0.15) is 0 Å². The molecular weight excluding hydrogens is 404 g/mol.